The van der Waals surface area contributed by atoms with E-state index in [-0.39, 0.29) is 0 Å². The van der Waals surface area contributed by atoms with Crippen molar-refractivity contribution in [3.63, 3.8) is 0 Å². The Labute approximate surface area is 151 Å². The highest BCUT2D eigenvalue weighted by Gasteiger charge is 2.12. The highest BCUT2D eigenvalue weighted by atomic mass is 16.6. The second kappa shape index (κ2) is 7.26. The van der Waals surface area contributed by atoms with Crippen molar-refractivity contribution in [1.29, 1.82) is 0 Å². The SMILES string of the molecule is Cc1nc(NCc2ccccn2)cc(Nc2ccc3c(c2)OCCO3)n1. The number of ether oxygens (including phenoxy) is 2. The molecule has 3 aromatic rings. The van der Waals surface area contributed by atoms with Gasteiger partial charge in [0.25, 0.3) is 0 Å². The van der Waals surface area contributed by atoms with Crippen molar-refractivity contribution in [1.82, 2.24) is 15.0 Å². The molecular formula is C19H19N5O2. The summed E-state index contributed by atoms with van der Waals surface area (Å²) in [5.41, 5.74) is 1.83. The fraction of sp³-hybridized carbons (Fsp3) is 0.211. The zero-order valence-electron chi connectivity index (χ0n) is 14.4. The second-order valence-electron chi connectivity index (χ2n) is 5.84. The summed E-state index contributed by atoms with van der Waals surface area (Å²) >= 11 is 0. The van der Waals surface area contributed by atoms with Crippen LogP contribution in [0.4, 0.5) is 17.3 Å². The summed E-state index contributed by atoms with van der Waals surface area (Å²) in [6.45, 7) is 3.60. The largest absolute Gasteiger partial charge is 0.486 e. The van der Waals surface area contributed by atoms with Gasteiger partial charge in [-0.05, 0) is 31.2 Å². The van der Waals surface area contributed by atoms with Crippen LogP contribution < -0.4 is 20.1 Å². The Bertz CT molecular complexity index is 902. The maximum atomic E-state index is 5.62. The van der Waals surface area contributed by atoms with E-state index in [9.17, 15) is 0 Å². The predicted molar refractivity (Wildman–Crippen MR) is 99.0 cm³/mol. The van der Waals surface area contributed by atoms with Crippen LogP contribution in [0.25, 0.3) is 0 Å². The third-order valence-corrected chi connectivity index (χ3v) is 3.83. The maximum absolute atomic E-state index is 5.62. The van der Waals surface area contributed by atoms with Gasteiger partial charge in [0.05, 0.1) is 12.2 Å². The highest BCUT2D eigenvalue weighted by Crippen LogP contribution is 2.33. The molecule has 1 aliphatic rings. The Morgan fingerprint density at radius 3 is 2.65 bits per heavy atom. The van der Waals surface area contributed by atoms with Crippen LogP contribution >= 0.6 is 0 Å². The minimum Gasteiger partial charge on any atom is -0.486 e. The van der Waals surface area contributed by atoms with Crippen molar-refractivity contribution in [3.05, 3.63) is 60.2 Å². The number of nitrogens with zero attached hydrogens (tertiary/aromatic N) is 3. The number of hydrogen-bond acceptors (Lipinski definition) is 7. The Morgan fingerprint density at radius 2 is 1.81 bits per heavy atom. The molecule has 7 nitrogen and oxygen atoms in total. The zero-order valence-corrected chi connectivity index (χ0v) is 14.4. The third kappa shape index (κ3) is 3.83. The summed E-state index contributed by atoms with van der Waals surface area (Å²) in [6.07, 6.45) is 1.77. The minimum atomic E-state index is 0.560. The van der Waals surface area contributed by atoms with Crippen LogP contribution in [0.15, 0.2) is 48.7 Å². The van der Waals surface area contributed by atoms with Crippen molar-refractivity contribution in [2.75, 3.05) is 23.8 Å². The van der Waals surface area contributed by atoms with Gasteiger partial charge in [-0.25, -0.2) is 9.97 Å². The molecule has 0 atom stereocenters. The summed E-state index contributed by atoms with van der Waals surface area (Å²) in [4.78, 5) is 13.2. The van der Waals surface area contributed by atoms with Gasteiger partial charge in [-0.2, -0.15) is 0 Å². The Balaban J connectivity index is 1.49. The van der Waals surface area contributed by atoms with Gasteiger partial charge in [0.1, 0.15) is 30.7 Å². The number of benzene rings is 1. The van der Waals surface area contributed by atoms with Crippen LogP contribution in [-0.2, 0) is 6.54 Å². The van der Waals surface area contributed by atoms with Gasteiger partial charge < -0.3 is 20.1 Å². The number of pyridine rings is 1. The molecule has 0 spiro atoms. The molecule has 132 valence electrons. The average molecular weight is 349 g/mol. The Hall–Kier alpha value is -3.35. The monoisotopic (exact) mass is 349 g/mol. The number of hydrogen-bond donors (Lipinski definition) is 2. The summed E-state index contributed by atoms with van der Waals surface area (Å²) in [6, 6.07) is 13.4. The van der Waals surface area contributed by atoms with Gasteiger partial charge in [-0.1, -0.05) is 6.07 Å². The molecule has 1 aliphatic heterocycles. The topological polar surface area (TPSA) is 81.2 Å². The maximum Gasteiger partial charge on any atom is 0.163 e. The lowest BCUT2D eigenvalue weighted by atomic mass is 10.2. The quantitative estimate of drug-likeness (QED) is 0.731. The molecule has 0 aliphatic carbocycles. The van der Waals surface area contributed by atoms with Gasteiger partial charge in [0.15, 0.2) is 11.5 Å². The number of nitrogens with one attached hydrogen (secondary N) is 2. The number of aryl methyl sites for hydroxylation is 1. The van der Waals surface area contributed by atoms with Crippen LogP contribution in [0.5, 0.6) is 11.5 Å². The molecule has 3 heterocycles. The third-order valence-electron chi connectivity index (χ3n) is 3.83. The molecule has 0 amide bonds. The summed E-state index contributed by atoms with van der Waals surface area (Å²) in [7, 11) is 0. The van der Waals surface area contributed by atoms with Gasteiger partial charge in [-0.3, -0.25) is 4.98 Å². The molecule has 2 N–H and O–H groups in total. The van der Waals surface area contributed by atoms with Crippen molar-refractivity contribution in [2.24, 2.45) is 0 Å². The molecule has 1 aromatic carbocycles. The van der Waals surface area contributed by atoms with Gasteiger partial charge in [0.2, 0.25) is 0 Å². The van der Waals surface area contributed by atoms with Crippen molar-refractivity contribution >= 4 is 17.3 Å². The fourth-order valence-corrected chi connectivity index (χ4v) is 2.68. The first kappa shape index (κ1) is 16.1. The molecule has 4 rings (SSSR count). The van der Waals surface area contributed by atoms with Crippen LogP contribution in [0, 0.1) is 6.92 Å². The molecule has 0 saturated carbocycles. The first-order valence-electron chi connectivity index (χ1n) is 8.42. The molecule has 0 saturated heterocycles. The average Bonchev–Trinajstić information content (AvgIpc) is 2.67. The van der Waals surface area contributed by atoms with E-state index in [1.54, 1.807) is 6.20 Å². The van der Waals surface area contributed by atoms with Crippen molar-refractivity contribution in [2.45, 2.75) is 13.5 Å². The second-order valence-corrected chi connectivity index (χ2v) is 5.84. The van der Waals surface area contributed by atoms with E-state index in [0.29, 0.717) is 31.4 Å². The molecule has 0 radical (unpaired) electrons. The molecule has 0 bridgehead atoms. The molecule has 7 heteroatoms. The molecular weight excluding hydrogens is 330 g/mol. The number of rotatable bonds is 5. The first-order chi connectivity index (χ1) is 12.8. The van der Waals surface area contributed by atoms with Crippen molar-refractivity contribution in [3.8, 4) is 11.5 Å². The number of aromatic nitrogens is 3. The molecule has 0 fully saturated rings. The Kier molecular flexibility index (Phi) is 4.51. The van der Waals surface area contributed by atoms with Crippen LogP contribution in [0.1, 0.15) is 11.5 Å². The number of fused-ring (bicyclic) bond motifs is 1. The standard InChI is InChI=1S/C19H19N5O2/c1-13-22-18(21-12-15-4-2-3-7-20-15)11-19(23-13)24-14-5-6-16-17(10-14)26-9-8-25-16/h2-7,10-11H,8-9,12H2,1H3,(H2,21,22,23,24). The van der Waals surface area contributed by atoms with Gasteiger partial charge in [0, 0.05) is 24.0 Å². The van der Waals surface area contributed by atoms with Crippen LogP contribution in [0.3, 0.4) is 0 Å². The van der Waals surface area contributed by atoms with Crippen LogP contribution in [-0.4, -0.2) is 28.2 Å². The van der Waals surface area contributed by atoms with E-state index in [0.717, 1.165) is 28.7 Å². The van der Waals surface area contributed by atoms with E-state index >= 15 is 0 Å². The molecule has 0 unspecified atom stereocenters. The minimum absolute atomic E-state index is 0.560. The fourth-order valence-electron chi connectivity index (χ4n) is 2.68. The molecule has 26 heavy (non-hydrogen) atoms. The molecule has 2 aromatic heterocycles. The van der Waals surface area contributed by atoms with Gasteiger partial charge >= 0.3 is 0 Å². The van der Waals surface area contributed by atoms with E-state index in [4.69, 9.17) is 9.47 Å². The lowest BCUT2D eigenvalue weighted by molar-refractivity contribution is 0.171. The van der Waals surface area contributed by atoms with Crippen molar-refractivity contribution < 1.29 is 9.47 Å². The highest BCUT2D eigenvalue weighted by molar-refractivity contribution is 5.63. The zero-order chi connectivity index (χ0) is 17.8. The normalized spacial score (nSPS) is 12.5. The summed E-state index contributed by atoms with van der Waals surface area (Å²) in [5.74, 6) is 3.62. The van der Waals surface area contributed by atoms with E-state index in [1.807, 2.05) is 49.4 Å². The Morgan fingerprint density at radius 1 is 0.962 bits per heavy atom. The summed E-state index contributed by atoms with van der Waals surface area (Å²) in [5, 5.41) is 6.57. The smallest absolute Gasteiger partial charge is 0.163 e. The van der Waals surface area contributed by atoms with E-state index < -0.39 is 0 Å². The summed E-state index contributed by atoms with van der Waals surface area (Å²) < 4.78 is 11.2. The van der Waals surface area contributed by atoms with E-state index in [2.05, 4.69) is 25.6 Å². The first-order valence-corrected chi connectivity index (χ1v) is 8.42. The van der Waals surface area contributed by atoms with E-state index in [1.165, 1.54) is 0 Å². The number of anilines is 3. The lowest BCUT2D eigenvalue weighted by Gasteiger charge is -2.19. The predicted octanol–water partition coefficient (Wildman–Crippen LogP) is 3.31. The van der Waals surface area contributed by atoms with Gasteiger partial charge in [-0.15, -0.1) is 0 Å². The lowest BCUT2D eigenvalue weighted by Crippen LogP contribution is -2.15. The van der Waals surface area contributed by atoms with Crippen LogP contribution in [0.2, 0.25) is 0 Å².